The highest BCUT2D eigenvalue weighted by molar-refractivity contribution is 7.89. The molecular weight excluding hydrogens is 329 g/mol. The summed E-state index contributed by atoms with van der Waals surface area (Å²) in [4.78, 5) is 1.93. The number of benzene rings is 2. The molecule has 2 aromatic carbocycles. The molecule has 24 heavy (non-hydrogen) atoms. The van der Waals surface area contributed by atoms with E-state index < -0.39 is 15.8 Å². The zero-order valence-electron chi connectivity index (χ0n) is 13.4. The molecule has 2 aromatic rings. The Morgan fingerprint density at radius 3 is 2.58 bits per heavy atom. The zero-order chi connectivity index (χ0) is 17.9. The summed E-state index contributed by atoms with van der Waals surface area (Å²) in [5.41, 5.74) is 1.50. The van der Waals surface area contributed by atoms with Crippen LogP contribution >= 0.6 is 0 Å². The molecule has 5 nitrogen and oxygen atoms in total. The minimum atomic E-state index is -3.77. The van der Waals surface area contributed by atoms with Crippen molar-refractivity contribution in [2.24, 2.45) is 5.14 Å². The Kier molecular flexibility index (Phi) is 5.34. The highest BCUT2D eigenvalue weighted by Crippen LogP contribution is 2.23. The number of nitriles is 1. The Bertz CT molecular complexity index is 891. The summed E-state index contributed by atoms with van der Waals surface area (Å²) in [7, 11) is -1.96. The molecule has 0 radical (unpaired) electrons. The molecule has 0 bridgehead atoms. The van der Waals surface area contributed by atoms with Gasteiger partial charge in [-0.2, -0.15) is 5.26 Å². The average Bonchev–Trinajstić information content (AvgIpc) is 2.55. The first-order valence-electron chi connectivity index (χ1n) is 7.24. The van der Waals surface area contributed by atoms with Crippen LogP contribution in [0, 0.1) is 17.1 Å². The van der Waals surface area contributed by atoms with Gasteiger partial charge in [-0.05, 0) is 43.8 Å². The van der Waals surface area contributed by atoms with Crippen LogP contribution in [0.25, 0.3) is 0 Å². The molecule has 0 saturated carbocycles. The third-order valence-corrected chi connectivity index (χ3v) is 4.84. The molecule has 0 aliphatic rings. The molecule has 1 atom stereocenters. The fourth-order valence-electron chi connectivity index (χ4n) is 2.36. The molecule has 0 fully saturated rings. The summed E-state index contributed by atoms with van der Waals surface area (Å²) in [6, 6.07) is 12.5. The molecule has 0 aliphatic carbocycles. The second-order valence-electron chi connectivity index (χ2n) is 5.63. The van der Waals surface area contributed by atoms with Gasteiger partial charge < -0.3 is 0 Å². The molecule has 2 rings (SSSR count). The molecule has 0 unspecified atom stereocenters. The Morgan fingerprint density at radius 2 is 2.00 bits per heavy atom. The van der Waals surface area contributed by atoms with Crippen LogP contribution in [0.5, 0.6) is 0 Å². The summed E-state index contributed by atoms with van der Waals surface area (Å²) >= 11 is 0. The largest absolute Gasteiger partial charge is 0.295 e. The Balaban J connectivity index is 2.21. The van der Waals surface area contributed by atoms with Gasteiger partial charge in [0.2, 0.25) is 10.0 Å². The summed E-state index contributed by atoms with van der Waals surface area (Å²) in [5.74, 6) is -0.439. The monoisotopic (exact) mass is 347 g/mol. The van der Waals surface area contributed by atoms with Crippen LogP contribution in [-0.4, -0.2) is 20.4 Å². The van der Waals surface area contributed by atoms with Crippen LogP contribution in [0.3, 0.4) is 0 Å². The van der Waals surface area contributed by atoms with Crippen LogP contribution in [0.2, 0.25) is 0 Å². The average molecular weight is 347 g/mol. The summed E-state index contributed by atoms with van der Waals surface area (Å²) in [6.07, 6.45) is 0. The molecular formula is C17H18FN3O2S. The second-order valence-corrected chi connectivity index (χ2v) is 7.19. The van der Waals surface area contributed by atoms with Gasteiger partial charge >= 0.3 is 0 Å². The number of sulfonamides is 1. The minimum Gasteiger partial charge on any atom is -0.295 e. The van der Waals surface area contributed by atoms with Gasteiger partial charge in [0.15, 0.2) is 0 Å². The van der Waals surface area contributed by atoms with Gasteiger partial charge in [0.1, 0.15) is 5.82 Å². The fourth-order valence-corrected chi connectivity index (χ4v) is 2.93. The topological polar surface area (TPSA) is 87.2 Å². The SMILES string of the molecule is C[C@@H](c1cccc(S(N)(=O)=O)c1)N(C)Cc1ccc(C#N)cc1F. The molecule has 2 N–H and O–H groups in total. The van der Waals surface area contributed by atoms with E-state index in [0.717, 1.165) is 5.56 Å². The molecule has 0 aromatic heterocycles. The normalized spacial score (nSPS) is 12.8. The molecule has 7 heteroatoms. The van der Waals surface area contributed by atoms with Gasteiger partial charge in [-0.1, -0.05) is 18.2 Å². The first-order chi connectivity index (χ1) is 11.2. The molecule has 0 spiro atoms. The number of nitrogens with zero attached hydrogens (tertiary/aromatic N) is 2. The van der Waals surface area contributed by atoms with Crippen LogP contribution in [-0.2, 0) is 16.6 Å². The number of nitrogens with two attached hydrogens (primary N) is 1. The number of primary sulfonamides is 1. The predicted molar refractivity (Wildman–Crippen MR) is 88.8 cm³/mol. The maximum Gasteiger partial charge on any atom is 0.238 e. The lowest BCUT2D eigenvalue weighted by Crippen LogP contribution is -2.23. The van der Waals surface area contributed by atoms with E-state index in [4.69, 9.17) is 10.4 Å². The van der Waals surface area contributed by atoms with E-state index in [0.29, 0.717) is 12.1 Å². The lowest BCUT2D eigenvalue weighted by Gasteiger charge is -2.25. The molecule has 0 saturated heterocycles. The van der Waals surface area contributed by atoms with Crippen LogP contribution in [0.4, 0.5) is 4.39 Å². The number of rotatable bonds is 5. The first kappa shape index (κ1) is 18.1. The van der Waals surface area contributed by atoms with Crippen molar-refractivity contribution in [1.82, 2.24) is 4.90 Å². The van der Waals surface area contributed by atoms with Gasteiger partial charge in [-0.3, -0.25) is 4.90 Å². The van der Waals surface area contributed by atoms with Crippen molar-refractivity contribution in [1.29, 1.82) is 5.26 Å². The quantitative estimate of drug-likeness (QED) is 0.900. The van der Waals surface area contributed by atoms with Gasteiger partial charge in [-0.25, -0.2) is 17.9 Å². The number of hydrogen-bond acceptors (Lipinski definition) is 4. The summed E-state index contributed by atoms with van der Waals surface area (Å²) in [5, 5.41) is 13.9. The predicted octanol–water partition coefficient (Wildman–Crippen LogP) is 2.54. The first-order valence-corrected chi connectivity index (χ1v) is 8.78. The standard InChI is InChI=1S/C17H18FN3O2S/c1-12(14-4-3-5-16(9-14)24(20,22)23)21(2)11-15-7-6-13(10-19)8-17(15)18/h3-9,12H,11H2,1-2H3,(H2,20,22,23)/t12-/m0/s1. The third kappa shape index (κ3) is 4.17. The van der Waals surface area contributed by atoms with Crippen LogP contribution in [0.1, 0.15) is 29.7 Å². The van der Waals surface area contributed by atoms with Crippen LogP contribution < -0.4 is 5.14 Å². The molecule has 0 amide bonds. The van der Waals surface area contributed by atoms with Gasteiger partial charge in [0.25, 0.3) is 0 Å². The summed E-state index contributed by atoms with van der Waals surface area (Å²) in [6.45, 7) is 2.21. The van der Waals surface area contributed by atoms with E-state index in [1.165, 1.54) is 18.2 Å². The van der Waals surface area contributed by atoms with Gasteiger partial charge in [-0.15, -0.1) is 0 Å². The molecule has 126 valence electrons. The Labute approximate surface area is 141 Å². The van der Waals surface area contributed by atoms with Gasteiger partial charge in [0.05, 0.1) is 16.5 Å². The number of hydrogen-bond donors (Lipinski definition) is 1. The van der Waals surface area contributed by atoms with Gasteiger partial charge in [0, 0.05) is 18.2 Å². The van der Waals surface area contributed by atoms with E-state index in [9.17, 15) is 12.8 Å². The van der Waals surface area contributed by atoms with Crippen molar-refractivity contribution in [3.05, 3.63) is 65.0 Å². The van der Waals surface area contributed by atoms with Crippen molar-refractivity contribution in [3.63, 3.8) is 0 Å². The van der Waals surface area contributed by atoms with Crippen molar-refractivity contribution in [2.45, 2.75) is 24.4 Å². The van der Waals surface area contributed by atoms with Crippen molar-refractivity contribution in [3.8, 4) is 6.07 Å². The lowest BCUT2D eigenvalue weighted by atomic mass is 10.1. The third-order valence-electron chi connectivity index (χ3n) is 3.93. The minimum absolute atomic E-state index is 0.0461. The highest BCUT2D eigenvalue weighted by atomic mass is 32.2. The smallest absolute Gasteiger partial charge is 0.238 e. The Morgan fingerprint density at radius 1 is 1.29 bits per heavy atom. The molecule has 0 aliphatic heterocycles. The zero-order valence-corrected chi connectivity index (χ0v) is 14.2. The Hall–Kier alpha value is -2.27. The van der Waals surface area contributed by atoms with Crippen molar-refractivity contribution < 1.29 is 12.8 Å². The van der Waals surface area contributed by atoms with Crippen molar-refractivity contribution in [2.75, 3.05) is 7.05 Å². The van der Waals surface area contributed by atoms with Crippen LogP contribution in [0.15, 0.2) is 47.4 Å². The summed E-state index contributed by atoms with van der Waals surface area (Å²) < 4.78 is 36.9. The molecule has 0 heterocycles. The van der Waals surface area contributed by atoms with E-state index >= 15 is 0 Å². The maximum absolute atomic E-state index is 14.0. The van der Waals surface area contributed by atoms with E-state index in [-0.39, 0.29) is 16.5 Å². The number of halogens is 1. The van der Waals surface area contributed by atoms with E-state index in [1.807, 2.05) is 24.9 Å². The second kappa shape index (κ2) is 7.09. The van der Waals surface area contributed by atoms with E-state index in [2.05, 4.69) is 0 Å². The fraction of sp³-hybridized carbons (Fsp3) is 0.235. The van der Waals surface area contributed by atoms with E-state index in [1.54, 1.807) is 24.3 Å². The highest BCUT2D eigenvalue weighted by Gasteiger charge is 2.16. The maximum atomic E-state index is 14.0. The lowest BCUT2D eigenvalue weighted by molar-refractivity contribution is 0.249. The van der Waals surface area contributed by atoms with Crippen molar-refractivity contribution >= 4 is 10.0 Å².